The molecular weight excluding hydrogens is 220 g/mol. The van der Waals surface area contributed by atoms with E-state index in [1.165, 1.54) is 31.4 Å². The van der Waals surface area contributed by atoms with Crippen molar-refractivity contribution in [3.8, 4) is 0 Å². The minimum absolute atomic E-state index is 0.331. The van der Waals surface area contributed by atoms with Gasteiger partial charge in [0.1, 0.15) is 0 Å². The van der Waals surface area contributed by atoms with E-state index in [9.17, 15) is 9.59 Å². The lowest BCUT2D eigenvalue weighted by atomic mass is 10.1. The Labute approximate surface area is 102 Å². The highest BCUT2D eigenvalue weighted by molar-refractivity contribution is 5.93. The molecule has 0 heterocycles. The van der Waals surface area contributed by atoms with Gasteiger partial charge >= 0.3 is 11.9 Å². The zero-order valence-corrected chi connectivity index (χ0v) is 10.6. The van der Waals surface area contributed by atoms with E-state index in [1.807, 2.05) is 13.8 Å². The average Bonchev–Trinajstić information content (AvgIpc) is 2.40. The quantitative estimate of drug-likeness (QED) is 0.760. The Morgan fingerprint density at radius 2 is 1.41 bits per heavy atom. The molecule has 0 aliphatic heterocycles. The van der Waals surface area contributed by atoms with Gasteiger partial charge in [-0.2, -0.15) is 0 Å². The van der Waals surface area contributed by atoms with Gasteiger partial charge in [-0.15, -0.1) is 0 Å². The summed E-state index contributed by atoms with van der Waals surface area (Å²) in [5.41, 5.74) is 0.829. The molecule has 0 spiro atoms. The lowest BCUT2D eigenvalue weighted by molar-refractivity contribution is 0.0523. The van der Waals surface area contributed by atoms with Crippen LogP contribution in [0.1, 0.15) is 41.5 Å². The fraction of sp³-hybridized carbons (Fsp3) is 0.385. The third kappa shape index (κ3) is 4.68. The van der Waals surface area contributed by atoms with Crippen molar-refractivity contribution in [2.24, 2.45) is 0 Å². The zero-order chi connectivity index (χ0) is 13.3. The van der Waals surface area contributed by atoms with Crippen molar-refractivity contribution in [2.45, 2.75) is 20.8 Å². The molecule has 0 N–H and O–H groups in total. The predicted molar refractivity (Wildman–Crippen MR) is 65.1 cm³/mol. The van der Waals surface area contributed by atoms with E-state index < -0.39 is 11.9 Å². The van der Waals surface area contributed by atoms with Crippen molar-refractivity contribution in [1.82, 2.24) is 0 Å². The Morgan fingerprint density at radius 3 is 1.76 bits per heavy atom. The van der Waals surface area contributed by atoms with Crippen LogP contribution in [0.25, 0.3) is 0 Å². The van der Waals surface area contributed by atoms with Gasteiger partial charge in [-0.25, -0.2) is 9.59 Å². The van der Waals surface area contributed by atoms with Crippen LogP contribution in [0.4, 0.5) is 0 Å². The monoisotopic (exact) mass is 238 g/mol. The highest BCUT2D eigenvalue weighted by Crippen LogP contribution is 2.06. The highest BCUT2D eigenvalue weighted by atomic mass is 16.5. The topological polar surface area (TPSA) is 52.6 Å². The molecule has 0 unspecified atom stereocenters. The van der Waals surface area contributed by atoms with Crippen LogP contribution in [0.5, 0.6) is 0 Å². The van der Waals surface area contributed by atoms with Gasteiger partial charge in [-0.1, -0.05) is 13.8 Å². The fourth-order valence-electron chi connectivity index (χ4n) is 1.07. The van der Waals surface area contributed by atoms with Crippen LogP contribution < -0.4 is 0 Å². The molecule has 1 aromatic rings. The molecule has 0 bridgehead atoms. The van der Waals surface area contributed by atoms with E-state index in [1.54, 1.807) is 6.92 Å². The van der Waals surface area contributed by atoms with Crippen LogP contribution >= 0.6 is 0 Å². The number of benzene rings is 1. The number of carbonyl (C=O) groups excluding carboxylic acids is 2. The number of ether oxygens (including phenoxy) is 2. The third-order valence-corrected chi connectivity index (χ3v) is 1.82. The summed E-state index contributed by atoms with van der Waals surface area (Å²) in [6.45, 7) is 6.07. The Kier molecular flexibility index (Phi) is 7.43. The third-order valence-electron chi connectivity index (χ3n) is 1.82. The van der Waals surface area contributed by atoms with Crippen molar-refractivity contribution in [1.29, 1.82) is 0 Å². The zero-order valence-electron chi connectivity index (χ0n) is 10.6. The predicted octanol–water partition coefficient (Wildman–Crippen LogP) is 2.68. The van der Waals surface area contributed by atoms with Crippen LogP contribution in [0.2, 0.25) is 0 Å². The molecule has 0 aliphatic carbocycles. The summed E-state index contributed by atoms with van der Waals surface area (Å²) in [4.78, 5) is 22.3. The normalized spacial score (nSPS) is 8.71. The molecule has 4 nitrogen and oxygen atoms in total. The maximum atomic E-state index is 11.3. The van der Waals surface area contributed by atoms with Gasteiger partial charge in [0, 0.05) is 0 Å². The average molecular weight is 238 g/mol. The van der Waals surface area contributed by atoms with Crippen molar-refractivity contribution in [3.63, 3.8) is 0 Å². The first-order chi connectivity index (χ1) is 8.19. The molecule has 94 valence electrons. The maximum absolute atomic E-state index is 11.3. The van der Waals surface area contributed by atoms with Crippen LogP contribution in [-0.2, 0) is 9.47 Å². The smallest absolute Gasteiger partial charge is 0.338 e. The molecule has 0 radical (unpaired) electrons. The molecule has 0 fully saturated rings. The molecule has 0 aliphatic rings. The number of hydrogen-bond donors (Lipinski definition) is 0. The lowest BCUT2D eigenvalue weighted by Crippen LogP contribution is -2.06. The molecule has 1 rings (SSSR count). The second-order valence-corrected chi connectivity index (χ2v) is 2.79. The SMILES string of the molecule is CC.CCOC(=O)c1ccc(C(=O)OC)cc1. The van der Waals surface area contributed by atoms with Crippen molar-refractivity contribution < 1.29 is 19.1 Å². The molecule has 0 amide bonds. The molecule has 4 heteroatoms. The van der Waals surface area contributed by atoms with E-state index >= 15 is 0 Å². The molecule has 0 atom stereocenters. The lowest BCUT2D eigenvalue weighted by Gasteiger charge is -2.02. The standard InChI is InChI=1S/C11H12O4.C2H6/c1-3-15-11(13)9-6-4-8(5-7-9)10(12)14-2;1-2/h4-7H,3H2,1-2H3;1-2H3. The summed E-state index contributed by atoms with van der Waals surface area (Å²) < 4.78 is 9.33. The number of methoxy groups -OCH3 is 1. The van der Waals surface area contributed by atoms with Gasteiger partial charge in [0.15, 0.2) is 0 Å². The van der Waals surface area contributed by atoms with Crippen LogP contribution in [0.3, 0.4) is 0 Å². The van der Waals surface area contributed by atoms with Crippen LogP contribution in [-0.4, -0.2) is 25.7 Å². The van der Waals surface area contributed by atoms with Crippen molar-refractivity contribution in [3.05, 3.63) is 35.4 Å². The Bertz CT molecular complexity index is 354. The molecule has 0 saturated carbocycles. The summed E-state index contributed by atoms with van der Waals surface area (Å²) in [7, 11) is 1.31. The first kappa shape index (κ1) is 15.2. The molecule has 1 aromatic carbocycles. The summed E-state index contributed by atoms with van der Waals surface area (Å²) in [5.74, 6) is -0.820. The molecular formula is C13H18O4. The van der Waals surface area contributed by atoms with E-state index in [0.717, 1.165) is 0 Å². The van der Waals surface area contributed by atoms with Gasteiger partial charge in [0.05, 0.1) is 24.8 Å². The summed E-state index contributed by atoms with van der Waals surface area (Å²) in [5, 5.41) is 0. The van der Waals surface area contributed by atoms with Crippen molar-refractivity contribution in [2.75, 3.05) is 13.7 Å². The molecule has 17 heavy (non-hydrogen) atoms. The van der Waals surface area contributed by atoms with Crippen LogP contribution in [0.15, 0.2) is 24.3 Å². The van der Waals surface area contributed by atoms with Gasteiger partial charge < -0.3 is 9.47 Å². The Hall–Kier alpha value is -1.84. The largest absolute Gasteiger partial charge is 0.465 e. The van der Waals surface area contributed by atoms with E-state index in [2.05, 4.69) is 4.74 Å². The molecule has 0 saturated heterocycles. The summed E-state index contributed by atoms with van der Waals surface area (Å²) >= 11 is 0. The van der Waals surface area contributed by atoms with Gasteiger partial charge in [0.25, 0.3) is 0 Å². The maximum Gasteiger partial charge on any atom is 0.338 e. The Morgan fingerprint density at radius 1 is 1.00 bits per heavy atom. The van der Waals surface area contributed by atoms with E-state index in [0.29, 0.717) is 17.7 Å². The summed E-state index contributed by atoms with van der Waals surface area (Å²) in [6, 6.07) is 6.12. The van der Waals surface area contributed by atoms with Crippen LogP contribution in [0, 0.1) is 0 Å². The number of esters is 2. The summed E-state index contributed by atoms with van der Waals surface area (Å²) in [6.07, 6.45) is 0. The minimum Gasteiger partial charge on any atom is -0.465 e. The van der Waals surface area contributed by atoms with E-state index in [4.69, 9.17) is 4.74 Å². The number of carbonyl (C=O) groups is 2. The molecule has 0 aromatic heterocycles. The minimum atomic E-state index is -0.426. The van der Waals surface area contributed by atoms with E-state index in [-0.39, 0.29) is 0 Å². The second-order valence-electron chi connectivity index (χ2n) is 2.79. The highest BCUT2D eigenvalue weighted by Gasteiger charge is 2.08. The first-order valence-electron chi connectivity index (χ1n) is 5.54. The Balaban J connectivity index is 0.00000121. The van der Waals surface area contributed by atoms with Gasteiger partial charge in [0.2, 0.25) is 0 Å². The number of hydrogen-bond acceptors (Lipinski definition) is 4. The first-order valence-corrected chi connectivity index (χ1v) is 5.54. The van der Waals surface area contributed by atoms with Crippen molar-refractivity contribution >= 4 is 11.9 Å². The van der Waals surface area contributed by atoms with Gasteiger partial charge in [-0.3, -0.25) is 0 Å². The number of rotatable bonds is 3. The second kappa shape index (κ2) is 8.33. The van der Waals surface area contributed by atoms with Gasteiger partial charge in [-0.05, 0) is 31.2 Å². The fourth-order valence-corrected chi connectivity index (χ4v) is 1.07.